The molecule has 0 aliphatic carbocycles. The molecular formula is C18H12FN7OS. The molecule has 0 unspecified atom stereocenters. The van der Waals surface area contributed by atoms with Crippen molar-refractivity contribution in [3.05, 3.63) is 66.3 Å². The van der Waals surface area contributed by atoms with E-state index in [1.165, 1.54) is 23.9 Å². The van der Waals surface area contributed by atoms with Crippen LogP contribution in [0.5, 0.6) is 0 Å². The van der Waals surface area contributed by atoms with Crippen molar-refractivity contribution in [2.75, 3.05) is 0 Å². The number of pyridine rings is 1. The van der Waals surface area contributed by atoms with Crippen LogP contribution in [-0.2, 0) is 0 Å². The number of benzene rings is 1. The molecule has 0 spiro atoms. The Kier molecular flexibility index (Phi) is 5.02. The Bertz CT molecular complexity index is 1190. The van der Waals surface area contributed by atoms with Gasteiger partial charge in [-0.15, -0.1) is 10.2 Å². The van der Waals surface area contributed by atoms with Gasteiger partial charge in [-0.05, 0) is 42.1 Å². The molecule has 0 saturated heterocycles. The summed E-state index contributed by atoms with van der Waals surface area (Å²) < 4.78 is 19.2. The third-order valence-corrected chi connectivity index (χ3v) is 4.33. The fourth-order valence-corrected chi connectivity index (χ4v) is 3.07. The summed E-state index contributed by atoms with van der Waals surface area (Å²) >= 11 is 1.17. The van der Waals surface area contributed by atoms with Gasteiger partial charge in [0.25, 0.3) is 5.22 Å². The molecule has 0 bridgehead atoms. The summed E-state index contributed by atoms with van der Waals surface area (Å²) in [5.41, 5.74) is 1.99. The number of nitrogens with one attached hydrogen (secondary N) is 2. The Morgan fingerprint density at radius 2 is 2.04 bits per heavy atom. The maximum absolute atomic E-state index is 13.6. The average molecular weight is 393 g/mol. The van der Waals surface area contributed by atoms with Gasteiger partial charge in [0.2, 0.25) is 11.5 Å². The predicted octanol–water partition coefficient (Wildman–Crippen LogP) is 3.32. The van der Waals surface area contributed by atoms with Gasteiger partial charge in [-0.3, -0.25) is 10.4 Å². The minimum atomic E-state index is -0.370. The zero-order chi connectivity index (χ0) is 19.3. The maximum atomic E-state index is 13.6. The largest absolute Gasteiger partial charge is 0.411 e. The van der Waals surface area contributed by atoms with E-state index in [0.717, 1.165) is 6.34 Å². The lowest BCUT2D eigenvalue weighted by atomic mass is 10.1. The van der Waals surface area contributed by atoms with Crippen LogP contribution in [-0.4, -0.2) is 31.5 Å². The molecule has 3 aromatic heterocycles. The minimum Gasteiger partial charge on any atom is -0.411 e. The van der Waals surface area contributed by atoms with Crippen LogP contribution in [0.25, 0.3) is 22.7 Å². The van der Waals surface area contributed by atoms with Gasteiger partial charge in [0.1, 0.15) is 12.2 Å². The lowest BCUT2D eigenvalue weighted by molar-refractivity contribution is 0.465. The number of aromatic amines is 1. The van der Waals surface area contributed by atoms with Crippen LogP contribution in [0.2, 0.25) is 0 Å². The van der Waals surface area contributed by atoms with E-state index in [2.05, 4.69) is 30.1 Å². The van der Waals surface area contributed by atoms with E-state index in [9.17, 15) is 4.39 Å². The fourth-order valence-electron chi connectivity index (χ4n) is 2.37. The highest BCUT2D eigenvalue weighted by molar-refractivity contribution is 7.99. The molecule has 4 rings (SSSR count). The Morgan fingerprint density at radius 1 is 1.14 bits per heavy atom. The molecule has 138 valence electrons. The second kappa shape index (κ2) is 7.92. The zero-order valence-electron chi connectivity index (χ0n) is 14.2. The maximum Gasteiger partial charge on any atom is 0.283 e. The van der Waals surface area contributed by atoms with Crippen molar-refractivity contribution >= 4 is 18.1 Å². The molecular weight excluding hydrogens is 381 g/mol. The smallest absolute Gasteiger partial charge is 0.283 e. The Morgan fingerprint density at radius 3 is 2.82 bits per heavy atom. The number of hydrogen-bond donors (Lipinski definition) is 2. The molecule has 0 aliphatic heterocycles. The summed E-state index contributed by atoms with van der Waals surface area (Å²) in [5, 5.41) is 16.1. The molecule has 0 aliphatic rings. The number of aromatic nitrogens is 5. The molecule has 0 atom stereocenters. The summed E-state index contributed by atoms with van der Waals surface area (Å²) in [6, 6.07) is 11.4. The molecule has 28 heavy (non-hydrogen) atoms. The van der Waals surface area contributed by atoms with Crippen molar-refractivity contribution < 1.29 is 8.81 Å². The first-order valence-electron chi connectivity index (χ1n) is 8.03. The van der Waals surface area contributed by atoms with Gasteiger partial charge in [0, 0.05) is 18.0 Å². The van der Waals surface area contributed by atoms with Gasteiger partial charge in [-0.25, -0.2) is 14.4 Å². The van der Waals surface area contributed by atoms with Crippen LogP contribution in [0, 0.1) is 11.2 Å². The average Bonchev–Trinajstić information content (AvgIpc) is 3.17. The van der Waals surface area contributed by atoms with Gasteiger partial charge in [0.05, 0.1) is 16.3 Å². The lowest BCUT2D eigenvalue weighted by Gasteiger charge is -2.04. The number of H-pyrrole nitrogens is 1. The topological polar surface area (TPSA) is 117 Å². The first-order valence-corrected chi connectivity index (χ1v) is 8.85. The summed E-state index contributed by atoms with van der Waals surface area (Å²) in [4.78, 5) is 15.2. The van der Waals surface area contributed by atoms with E-state index < -0.39 is 0 Å². The Hall–Kier alpha value is -3.66. The second-order valence-corrected chi connectivity index (χ2v) is 6.43. The first kappa shape index (κ1) is 17.7. The van der Waals surface area contributed by atoms with E-state index in [4.69, 9.17) is 9.83 Å². The van der Waals surface area contributed by atoms with E-state index in [-0.39, 0.29) is 11.4 Å². The van der Waals surface area contributed by atoms with Gasteiger partial charge >= 0.3 is 0 Å². The van der Waals surface area contributed by atoms with Crippen LogP contribution >= 0.6 is 11.8 Å². The molecule has 1 aromatic carbocycles. The lowest BCUT2D eigenvalue weighted by Crippen LogP contribution is -2.14. The van der Waals surface area contributed by atoms with Gasteiger partial charge in [0.15, 0.2) is 0 Å². The zero-order valence-corrected chi connectivity index (χ0v) is 15.0. The number of nitrogens with zero attached hydrogens (tertiary/aromatic N) is 5. The molecule has 0 amide bonds. The number of halogens is 1. The number of rotatable bonds is 5. The van der Waals surface area contributed by atoms with Crippen LogP contribution in [0.4, 0.5) is 4.39 Å². The van der Waals surface area contributed by atoms with Crippen molar-refractivity contribution in [1.82, 2.24) is 25.1 Å². The molecule has 0 saturated carbocycles. The standard InChI is InChI=1S/C18H12FN7OS/c19-13-5-1-3-11(7-13)14-8-15(24-17(23-14)22-10-20)28-18-26-25-16(27-18)12-4-2-6-21-9-12/h1-10H,(H2,20,22,23,24). The van der Waals surface area contributed by atoms with Crippen LogP contribution in [0.3, 0.4) is 0 Å². The molecule has 10 heteroatoms. The molecule has 3 heterocycles. The Labute approximate surface area is 162 Å². The SMILES string of the molecule is N=C/N=c1/nc(-c2cccc(F)c2)cc(Sc2nnc(-c3cccnc3)o2)[nH]1. The van der Waals surface area contributed by atoms with Crippen molar-refractivity contribution in [2.24, 2.45) is 4.99 Å². The number of hydrogen-bond acceptors (Lipinski definition) is 7. The fraction of sp³-hybridized carbons (Fsp3) is 0. The van der Waals surface area contributed by atoms with Crippen LogP contribution in [0.15, 0.2) is 74.5 Å². The van der Waals surface area contributed by atoms with Gasteiger partial charge in [-0.2, -0.15) is 0 Å². The summed E-state index contributed by atoms with van der Waals surface area (Å²) in [6.45, 7) is 0. The highest BCUT2D eigenvalue weighted by Crippen LogP contribution is 2.29. The predicted molar refractivity (Wildman–Crippen MR) is 100.0 cm³/mol. The molecule has 0 fully saturated rings. The van der Waals surface area contributed by atoms with Gasteiger partial charge < -0.3 is 9.40 Å². The Balaban J connectivity index is 1.69. The third-order valence-electron chi connectivity index (χ3n) is 3.55. The summed E-state index contributed by atoms with van der Waals surface area (Å²) in [7, 11) is 0. The van der Waals surface area contributed by atoms with E-state index in [1.54, 1.807) is 36.7 Å². The monoisotopic (exact) mass is 393 g/mol. The normalized spacial score (nSPS) is 11.5. The summed E-state index contributed by atoms with van der Waals surface area (Å²) in [6.07, 6.45) is 4.16. The quantitative estimate of drug-likeness (QED) is 0.305. The molecule has 8 nitrogen and oxygen atoms in total. The van der Waals surface area contributed by atoms with Crippen LogP contribution < -0.4 is 5.62 Å². The van der Waals surface area contributed by atoms with Crippen molar-refractivity contribution in [3.8, 4) is 22.7 Å². The van der Waals surface area contributed by atoms with Gasteiger partial charge in [-0.1, -0.05) is 12.1 Å². The van der Waals surface area contributed by atoms with Crippen LogP contribution in [0.1, 0.15) is 0 Å². The highest BCUT2D eigenvalue weighted by Gasteiger charge is 2.12. The highest BCUT2D eigenvalue weighted by atomic mass is 32.2. The molecule has 0 radical (unpaired) electrons. The molecule has 4 aromatic rings. The second-order valence-electron chi connectivity index (χ2n) is 5.44. The van der Waals surface area contributed by atoms with E-state index >= 15 is 0 Å². The summed E-state index contributed by atoms with van der Waals surface area (Å²) in [5.74, 6) is -0.0238. The van der Waals surface area contributed by atoms with E-state index in [1.807, 2.05) is 6.07 Å². The van der Waals surface area contributed by atoms with Crippen molar-refractivity contribution in [1.29, 1.82) is 5.41 Å². The van der Waals surface area contributed by atoms with E-state index in [0.29, 0.717) is 33.0 Å². The molecule has 2 N–H and O–H groups in total. The first-order chi connectivity index (χ1) is 13.7. The van der Waals surface area contributed by atoms with Crippen molar-refractivity contribution in [2.45, 2.75) is 10.2 Å². The van der Waals surface area contributed by atoms with Crippen molar-refractivity contribution in [3.63, 3.8) is 0 Å². The third kappa shape index (κ3) is 4.01. The minimum absolute atomic E-state index is 0.200.